The molecule has 1 fully saturated rings. The average molecular weight is 326 g/mol. The van der Waals surface area contributed by atoms with E-state index in [9.17, 15) is 0 Å². The Labute approximate surface area is 140 Å². The van der Waals surface area contributed by atoms with Crippen molar-refractivity contribution in [3.63, 3.8) is 0 Å². The first-order valence-corrected chi connectivity index (χ1v) is 8.97. The smallest absolute Gasteiger partial charge is 0.399 e. The standard InChI is InChI=1S/C16H16B2O2S2/c1-15(2)16(3,4)20-18(19-15)12-8-10-6-5-9-7-11(17)21-13(9)14(10)22-12/h5-8H,1-4H3. The van der Waals surface area contributed by atoms with Crippen LogP contribution < -0.4 is 9.55 Å². The van der Waals surface area contributed by atoms with Crippen molar-refractivity contribution in [1.29, 1.82) is 0 Å². The van der Waals surface area contributed by atoms with E-state index < -0.39 is 0 Å². The van der Waals surface area contributed by atoms with Crippen molar-refractivity contribution in [1.82, 2.24) is 0 Å². The molecular weight excluding hydrogens is 310 g/mol. The number of hydrogen-bond donors (Lipinski definition) is 0. The third-order valence-corrected chi connectivity index (χ3v) is 7.01. The summed E-state index contributed by atoms with van der Waals surface area (Å²) < 4.78 is 16.8. The predicted molar refractivity (Wildman–Crippen MR) is 98.3 cm³/mol. The summed E-state index contributed by atoms with van der Waals surface area (Å²) in [6, 6.07) is 8.49. The van der Waals surface area contributed by atoms with E-state index in [-0.39, 0.29) is 18.3 Å². The van der Waals surface area contributed by atoms with Gasteiger partial charge in [-0.15, -0.1) is 11.3 Å². The molecule has 0 spiro atoms. The first-order valence-electron chi connectivity index (χ1n) is 7.34. The molecule has 1 aliphatic rings. The summed E-state index contributed by atoms with van der Waals surface area (Å²) >= 11 is 3.39. The molecule has 22 heavy (non-hydrogen) atoms. The highest BCUT2D eigenvalue weighted by molar-refractivity contribution is 7.34. The largest absolute Gasteiger partial charge is 0.505 e. The first kappa shape index (κ1) is 14.8. The minimum absolute atomic E-state index is 0.297. The molecule has 1 aromatic carbocycles. The Morgan fingerprint density at radius 2 is 1.45 bits per heavy atom. The van der Waals surface area contributed by atoms with E-state index in [1.165, 1.54) is 20.2 Å². The van der Waals surface area contributed by atoms with E-state index in [2.05, 4.69) is 45.9 Å². The van der Waals surface area contributed by atoms with Crippen LogP contribution in [0.5, 0.6) is 0 Å². The monoisotopic (exact) mass is 326 g/mol. The van der Waals surface area contributed by atoms with E-state index in [1.807, 2.05) is 6.07 Å². The quantitative estimate of drug-likeness (QED) is 0.640. The maximum absolute atomic E-state index is 6.16. The first-order chi connectivity index (χ1) is 10.3. The third-order valence-electron chi connectivity index (χ3n) is 4.69. The Kier molecular flexibility index (Phi) is 3.09. The maximum atomic E-state index is 6.16. The van der Waals surface area contributed by atoms with Gasteiger partial charge in [0.1, 0.15) is 7.85 Å². The second-order valence-corrected chi connectivity index (χ2v) is 8.96. The SMILES string of the molecule is [B]c1cc2ccc3cc(B4OC(C)(C)C(C)(C)O4)sc3c2s1. The molecule has 3 aromatic rings. The highest BCUT2D eigenvalue weighted by Crippen LogP contribution is 2.38. The Hall–Kier alpha value is -0.810. The van der Waals surface area contributed by atoms with Crippen LogP contribution in [0.1, 0.15) is 27.7 Å². The van der Waals surface area contributed by atoms with Crippen molar-refractivity contribution in [3.8, 4) is 0 Å². The maximum Gasteiger partial charge on any atom is 0.505 e. The highest BCUT2D eigenvalue weighted by atomic mass is 32.1. The Morgan fingerprint density at radius 1 is 0.909 bits per heavy atom. The van der Waals surface area contributed by atoms with Crippen LogP contribution >= 0.6 is 22.7 Å². The Bertz CT molecular complexity index is 863. The molecule has 2 nitrogen and oxygen atoms in total. The fourth-order valence-corrected chi connectivity index (χ4v) is 4.90. The highest BCUT2D eigenvalue weighted by Gasteiger charge is 2.52. The van der Waals surface area contributed by atoms with Crippen LogP contribution in [0.15, 0.2) is 24.3 Å². The third kappa shape index (κ3) is 2.08. The van der Waals surface area contributed by atoms with Gasteiger partial charge in [-0.25, -0.2) is 0 Å². The topological polar surface area (TPSA) is 18.5 Å². The zero-order valence-electron chi connectivity index (χ0n) is 13.1. The Morgan fingerprint density at radius 3 is 2.09 bits per heavy atom. The van der Waals surface area contributed by atoms with Gasteiger partial charge in [0.15, 0.2) is 0 Å². The Balaban J connectivity index is 1.82. The summed E-state index contributed by atoms with van der Waals surface area (Å²) in [5, 5.41) is 2.43. The van der Waals surface area contributed by atoms with Crippen LogP contribution in [-0.2, 0) is 9.31 Å². The van der Waals surface area contributed by atoms with Gasteiger partial charge < -0.3 is 9.31 Å². The summed E-state index contributed by atoms with van der Waals surface area (Å²) in [5.74, 6) is 0. The second-order valence-electron chi connectivity index (χ2n) is 6.79. The molecule has 2 aromatic heterocycles. The molecule has 0 N–H and O–H groups in total. The van der Waals surface area contributed by atoms with Gasteiger partial charge in [0.2, 0.25) is 0 Å². The lowest BCUT2D eigenvalue weighted by atomic mass is 9.87. The summed E-state index contributed by atoms with van der Waals surface area (Å²) in [6.45, 7) is 8.33. The normalized spacial score (nSPS) is 20.3. The molecule has 110 valence electrons. The molecule has 0 atom stereocenters. The zero-order chi connectivity index (χ0) is 15.7. The molecule has 0 aliphatic carbocycles. The lowest BCUT2D eigenvalue weighted by molar-refractivity contribution is 0.00578. The summed E-state index contributed by atoms with van der Waals surface area (Å²) in [7, 11) is 5.66. The van der Waals surface area contributed by atoms with Crippen molar-refractivity contribution in [2.24, 2.45) is 0 Å². The van der Waals surface area contributed by atoms with E-state index >= 15 is 0 Å². The molecule has 0 amide bonds. The van der Waals surface area contributed by atoms with Gasteiger partial charge in [0.05, 0.1) is 20.6 Å². The van der Waals surface area contributed by atoms with Crippen LogP contribution in [-0.4, -0.2) is 26.2 Å². The molecule has 0 bridgehead atoms. The van der Waals surface area contributed by atoms with Crippen molar-refractivity contribution >= 4 is 67.4 Å². The predicted octanol–water partition coefficient (Wildman–Crippen LogP) is 3.21. The molecule has 6 heteroatoms. The van der Waals surface area contributed by atoms with Crippen molar-refractivity contribution in [2.45, 2.75) is 38.9 Å². The van der Waals surface area contributed by atoms with Crippen LogP contribution in [0.2, 0.25) is 0 Å². The van der Waals surface area contributed by atoms with Crippen molar-refractivity contribution in [2.75, 3.05) is 0 Å². The summed E-state index contributed by atoms with van der Waals surface area (Å²) in [4.78, 5) is 0. The van der Waals surface area contributed by atoms with Crippen molar-refractivity contribution < 1.29 is 9.31 Å². The van der Waals surface area contributed by atoms with Crippen LogP contribution in [0.4, 0.5) is 0 Å². The molecule has 0 saturated carbocycles. The molecule has 2 radical (unpaired) electrons. The van der Waals surface area contributed by atoms with Crippen LogP contribution in [0.3, 0.4) is 0 Å². The van der Waals surface area contributed by atoms with E-state index in [0.717, 1.165) is 9.55 Å². The van der Waals surface area contributed by atoms with E-state index in [0.29, 0.717) is 0 Å². The van der Waals surface area contributed by atoms with E-state index in [1.54, 1.807) is 22.7 Å². The van der Waals surface area contributed by atoms with Gasteiger partial charge >= 0.3 is 7.12 Å². The second kappa shape index (κ2) is 4.60. The van der Waals surface area contributed by atoms with Gasteiger partial charge in [-0.1, -0.05) is 18.2 Å². The molecular formula is C16H16B2O2S2. The fraction of sp³-hybridized carbons (Fsp3) is 0.375. The summed E-state index contributed by atoms with van der Waals surface area (Å²) in [6.07, 6.45) is 0. The van der Waals surface area contributed by atoms with Gasteiger partial charge in [-0.2, -0.15) is 11.3 Å². The van der Waals surface area contributed by atoms with Crippen LogP contribution in [0.25, 0.3) is 20.2 Å². The molecule has 4 rings (SSSR count). The minimum atomic E-state index is -0.309. The van der Waals surface area contributed by atoms with Gasteiger partial charge in [-0.3, -0.25) is 0 Å². The van der Waals surface area contributed by atoms with Gasteiger partial charge in [0.25, 0.3) is 0 Å². The number of rotatable bonds is 1. The van der Waals surface area contributed by atoms with Crippen molar-refractivity contribution in [3.05, 3.63) is 24.3 Å². The van der Waals surface area contributed by atoms with Gasteiger partial charge in [-0.05, 0) is 49.3 Å². The number of fused-ring (bicyclic) bond motifs is 3. The fourth-order valence-electron chi connectivity index (χ4n) is 2.71. The minimum Gasteiger partial charge on any atom is -0.399 e. The molecule has 1 aliphatic heterocycles. The number of thiophene rings is 2. The zero-order valence-corrected chi connectivity index (χ0v) is 14.7. The van der Waals surface area contributed by atoms with E-state index in [4.69, 9.17) is 17.2 Å². The lowest BCUT2D eigenvalue weighted by Crippen LogP contribution is -2.41. The molecule has 0 unspecified atom stereocenters. The lowest BCUT2D eigenvalue weighted by Gasteiger charge is -2.32. The number of benzene rings is 1. The molecule has 3 heterocycles. The number of hydrogen-bond acceptors (Lipinski definition) is 4. The summed E-state index contributed by atoms with van der Waals surface area (Å²) in [5.41, 5.74) is -0.618. The average Bonchev–Trinajstić information content (AvgIpc) is 3.03. The van der Waals surface area contributed by atoms with Crippen LogP contribution in [0, 0.1) is 0 Å². The van der Waals surface area contributed by atoms with Gasteiger partial charge in [0, 0.05) is 4.78 Å². The molecule has 1 saturated heterocycles.